The molecule has 1 heterocycles. The van der Waals surface area contributed by atoms with E-state index in [2.05, 4.69) is 15.3 Å². The zero-order valence-electron chi connectivity index (χ0n) is 11.9. The second kappa shape index (κ2) is 6.89. The molecule has 23 heavy (non-hydrogen) atoms. The molecule has 0 aliphatic carbocycles. The maximum atomic E-state index is 12.2. The molecule has 0 bridgehead atoms. The Morgan fingerprint density at radius 3 is 2.57 bits per heavy atom. The van der Waals surface area contributed by atoms with Crippen molar-refractivity contribution in [3.63, 3.8) is 0 Å². The van der Waals surface area contributed by atoms with Crippen molar-refractivity contribution in [2.75, 3.05) is 5.32 Å². The predicted octanol–water partition coefficient (Wildman–Crippen LogP) is 4.17. The average molecular weight is 326 g/mol. The molecular formula is C17H12ClN3O2. The highest BCUT2D eigenvalue weighted by Crippen LogP contribution is 2.23. The Morgan fingerprint density at radius 2 is 1.78 bits per heavy atom. The Kier molecular flexibility index (Phi) is 4.49. The molecule has 0 unspecified atom stereocenters. The van der Waals surface area contributed by atoms with Gasteiger partial charge < -0.3 is 10.1 Å². The van der Waals surface area contributed by atoms with Gasteiger partial charge in [0.15, 0.2) is 5.75 Å². The molecule has 0 aliphatic heterocycles. The van der Waals surface area contributed by atoms with Gasteiger partial charge in [-0.1, -0.05) is 23.7 Å². The fourth-order valence-corrected chi connectivity index (χ4v) is 2.13. The first-order valence-electron chi connectivity index (χ1n) is 6.80. The summed E-state index contributed by atoms with van der Waals surface area (Å²) < 4.78 is 5.63. The van der Waals surface area contributed by atoms with Gasteiger partial charge in [0, 0.05) is 22.3 Å². The summed E-state index contributed by atoms with van der Waals surface area (Å²) in [4.78, 5) is 20.0. The van der Waals surface area contributed by atoms with Gasteiger partial charge in [-0.15, -0.1) is 0 Å². The van der Waals surface area contributed by atoms with Crippen LogP contribution >= 0.6 is 11.6 Å². The van der Waals surface area contributed by atoms with E-state index in [4.69, 9.17) is 16.3 Å². The van der Waals surface area contributed by atoms with Gasteiger partial charge in [0.25, 0.3) is 5.91 Å². The van der Waals surface area contributed by atoms with E-state index < -0.39 is 0 Å². The first kappa shape index (κ1) is 15.0. The highest BCUT2D eigenvalue weighted by Gasteiger charge is 2.07. The second-order valence-electron chi connectivity index (χ2n) is 4.67. The maximum absolute atomic E-state index is 12.2. The van der Waals surface area contributed by atoms with E-state index in [0.717, 1.165) is 0 Å². The van der Waals surface area contributed by atoms with Crippen molar-refractivity contribution in [3.8, 4) is 11.5 Å². The van der Waals surface area contributed by atoms with Crippen LogP contribution in [0.3, 0.4) is 0 Å². The molecule has 5 nitrogen and oxygen atoms in total. The van der Waals surface area contributed by atoms with Crippen LogP contribution < -0.4 is 10.1 Å². The van der Waals surface area contributed by atoms with Gasteiger partial charge in [-0.3, -0.25) is 4.79 Å². The summed E-state index contributed by atoms with van der Waals surface area (Å²) in [7, 11) is 0. The number of benzene rings is 2. The average Bonchev–Trinajstić information content (AvgIpc) is 2.56. The minimum atomic E-state index is -0.243. The van der Waals surface area contributed by atoms with Gasteiger partial charge in [-0.05, 0) is 30.3 Å². The first-order valence-corrected chi connectivity index (χ1v) is 7.18. The van der Waals surface area contributed by atoms with Crippen LogP contribution in [0.2, 0.25) is 5.02 Å². The lowest BCUT2D eigenvalue weighted by atomic mass is 10.2. The summed E-state index contributed by atoms with van der Waals surface area (Å²) in [5.74, 6) is 0.849. The third-order valence-electron chi connectivity index (χ3n) is 2.95. The highest BCUT2D eigenvalue weighted by molar-refractivity contribution is 6.31. The SMILES string of the molecule is O=C(Nc1cccc(Oc2cncnc2)c1)c1cccc(Cl)c1. The van der Waals surface area contributed by atoms with Crippen LogP contribution in [0, 0.1) is 0 Å². The maximum Gasteiger partial charge on any atom is 0.255 e. The Morgan fingerprint density at radius 1 is 1.00 bits per heavy atom. The number of ether oxygens (including phenoxy) is 1. The van der Waals surface area contributed by atoms with E-state index in [9.17, 15) is 4.79 Å². The normalized spacial score (nSPS) is 10.1. The third kappa shape index (κ3) is 4.05. The molecule has 3 aromatic rings. The summed E-state index contributed by atoms with van der Waals surface area (Å²) in [6, 6.07) is 13.8. The number of halogens is 1. The van der Waals surface area contributed by atoms with Crippen molar-refractivity contribution in [3.05, 3.63) is 77.8 Å². The van der Waals surface area contributed by atoms with Crippen molar-refractivity contribution in [1.82, 2.24) is 9.97 Å². The van der Waals surface area contributed by atoms with Crippen LogP contribution in [0.5, 0.6) is 11.5 Å². The van der Waals surface area contributed by atoms with Crippen molar-refractivity contribution in [1.29, 1.82) is 0 Å². The molecule has 0 aliphatic rings. The molecule has 0 saturated heterocycles. The lowest BCUT2D eigenvalue weighted by Crippen LogP contribution is -2.11. The minimum absolute atomic E-state index is 0.243. The monoisotopic (exact) mass is 325 g/mol. The van der Waals surface area contributed by atoms with E-state index >= 15 is 0 Å². The largest absolute Gasteiger partial charge is 0.454 e. The molecule has 1 N–H and O–H groups in total. The smallest absolute Gasteiger partial charge is 0.255 e. The Hall–Kier alpha value is -2.92. The molecular weight excluding hydrogens is 314 g/mol. The van der Waals surface area contributed by atoms with Crippen LogP contribution in [0.1, 0.15) is 10.4 Å². The zero-order valence-corrected chi connectivity index (χ0v) is 12.7. The molecule has 0 atom stereocenters. The van der Waals surface area contributed by atoms with Crippen molar-refractivity contribution >= 4 is 23.2 Å². The van der Waals surface area contributed by atoms with Gasteiger partial charge in [0.1, 0.15) is 12.1 Å². The number of aromatic nitrogens is 2. The topological polar surface area (TPSA) is 64.1 Å². The van der Waals surface area contributed by atoms with Gasteiger partial charge in [-0.25, -0.2) is 9.97 Å². The quantitative estimate of drug-likeness (QED) is 0.781. The molecule has 0 radical (unpaired) electrons. The van der Waals surface area contributed by atoms with E-state index in [1.165, 1.54) is 6.33 Å². The molecule has 0 fully saturated rings. The van der Waals surface area contributed by atoms with Crippen LogP contribution in [0.25, 0.3) is 0 Å². The van der Waals surface area contributed by atoms with Gasteiger partial charge in [-0.2, -0.15) is 0 Å². The fourth-order valence-electron chi connectivity index (χ4n) is 1.94. The number of hydrogen-bond donors (Lipinski definition) is 1. The van der Waals surface area contributed by atoms with Crippen LogP contribution in [-0.4, -0.2) is 15.9 Å². The molecule has 1 aromatic heterocycles. The Balaban J connectivity index is 1.74. The minimum Gasteiger partial charge on any atom is -0.454 e. The summed E-state index contributed by atoms with van der Waals surface area (Å²) in [5, 5.41) is 3.32. The summed E-state index contributed by atoms with van der Waals surface area (Å²) in [6.45, 7) is 0. The van der Waals surface area contributed by atoms with Gasteiger partial charge in [0.05, 0.1) is 12.4 Å². The predicted molar refractivity (Wildman–Crippen MR) is 88.0 cm³/mol. The van der Waals surface area contributed by atoms with E-state index in [1.54, 1.807) is 60.9 Å². The van der Waals surface area contributed by atoms with E-state index in [0.29, 0.717) is 27.8 Å². The summed E-state index contributed by atoms with van der Waals surface area (Å²) in [6.07, 6.45) is 4.54. The number of anilines is 1. The summed E-state index contributed by atoms with van der Waals surface area (Å²) in [5.41, 5.74) is 1.10. The van der Waals surface area contributed by atoms with Crippen molar-refractivity contribution in [2.45, 2.75) is 0 Å². The van der Waals surface area contributed by atoms with Crippen LogP contribution in [0.4, 0.5) is 5.69 Å². The standard InChI is InChI=1S/C17H12ClN3O2/c18-13-4-1-3-12(7-13)17(22)21-14-5-2-6-15(8-14)23-16-9-19-11-20-10-16/h1-11H,(H,21,22). The zero-order chi connectivity index (χ0) is 16.1. The number of nitrogens with zero attached hydrogens (tertiary/aromatic N) is 2. The fraction of sp³-hybridized carbons (Fsp3) is 0. The Labute approximate surface area is 137 Å². The van der Waals surface area contributed by atoms with Crippen LogP contribution in [-0.2, 0) is 0 Å². The van der Waals surface area contributed by atoms with Gasteiger partial charge in [0.2, 0.25) is 0 Å². The number of hydrogen-bond acceptors (Lipinski definition) is 4. The molecule has 1 amide bonds. The highest BCUT2D eigenvalue weighted by atomic mass is 35.5. The first-order chi connectivity index (χ1) is 11.2. The van der Waals surface area contributed by atoms with E-state index in [1.807, 2.05) is 0 Å². The lowest BCUT2D eigenvalue weighted by molar-refractivity contribution is 0.102. The second-order valence-corrected chi connectivity index (χ2v) is 5.10. The molecule has 114 valence electrons. The number of amides is 1. The number of carbonyl (C=O) groups is 1. The van der Waals surface area contributed by atoms with Crippen LogP contribution in [0.15, 0.2) is 67.3 Å². The molecule has 0 spiro atoms. The molecule has 3 rings (SSSR count). The number of rotatable bonds is 4. The molecule has 6 heteroatoms. The number of nitrogens with one attached hydrogen (secondary N) is 1. The molecule has 0 saturated carbocycles. The van der Waals surface area contributed by atoms with Gasteiger partial charge >= 0.3 is 0 Å². The van der Waals surface area contributed by atoms with Crippen molar-refractivity contribution in [2.24, 2.45) is 0 Å². The van der Waals surface area contributed by atoms with Crippen molar-refractivity contribution < 1.29 is 9.53 Å². The molecule has 2 aromatic carbocycles. The lowest BCUT2D eigenvalue weighted by Gasteiger charge is -2.08. The number of carbonyl (C=O) groups excluding carboxylic acids is 1. The third-order valence-corrected chi connectivity index (χ3v) is 3.19. The Bertz CT molecular complexity index is 825. The van der Waals surface area contributed by atoms with E-state index in [-0.39, 0.29) is 5.91 Å². The summed E-state index contributed by atoms with van der Waals surface area (Å²) >= 11 is 5.90.